The number of rotatable bonds is 6. The molecule has 3 aromatic carbocycles. The molecule has 0 fully saturated rings. The molecule has 0 spiro atoms. The molecule has 142 valence electrons. The van der Waals surface area contributed by atoms with Gasteiger partial charge in [-0.25, -0.2) is 0 Å². The number of hydrogen-bond acceptors (Lipinski definition) is 0. The monoisotopic (exact) mass is 360 g/mol. The van der Waals surface area contributed by atoms with E-state index in [2.05, 4.69) is 101 Å². The van der Waals surface area contributed by atoms with Crippen molar-refractivity contribution in [1.82, 2.24) is 4.48 Å². The Kier molecular flexibility index (Phi) is 5.72. The smallest absolute Gasteiger partial charge is 0.140 e. The number of unbranched alkanes of at least 4 members (excludes halogenated alkanes) is 1. The molecule has 27 heavy (non-hydrogen) atoms. The topological polar surface area (TPSA) is 0 Å². The van der Waals surface area contributed by atoms with Crippen molar-refractivity contribution in [1.29, 1.82) is 0 Å². The standard InChI is InChI=1S/C26H34N/c1-6-7-19-27(5,20-21-15-17-23(18-16-21)26(2,3)4)25-14-10-12-22-11-8-9-13-24(22)25/h8-18H,6-7,19-20H2,1-5H3/q+1. The zero-order valence-corrected chi connectivity index (χ0v) is 17.6. The van der Waals surface area contributed by atoms with Crippen molar-refractivity contribution in [2.75, 3.05) is 13.6 Å². The van der Waals surface area contributed by atoms with Crippen LogP contribution in [0.1, 0.15) is 51.7 Å². The quantitative estimate of drug-likeness (QED) is 0.412. The first-order valence-corrected chi connectivity index (χ1v) is 10.3. The average Bonchev–Trinajstić information content (AvgIpc) is 2.65. The minimum atomic E-state index is 0.203. The number of quaternary nitrogens is 1. The predicted molar refractivity (Wildman–Crippen MR) is 120 cm³/mol. The van der Waals surface area contributed by atoms with Gasteiger partial charge in [-0.2, -0.15) is 0 Å². The van der Waals surface area contributed by atoms with Gasteiger partial charge in [0, 0.05) is 10.9 Å². The van der Waals surface area contributed by atoms with E-state index in [0.717, 1.165) is 17.6 Å². The lowest BCUT2D eigenvalue weighted by Crippen LogP contribution is -2.45. The molecule has 1 unspecified atom stereocenters. The third-order valence-corrected chi connectivity index (χ3v) is 5.70. The van der Waals surface area contributed by atoms with Crippen LogP contribution in [-0.2, 0) is 12.0 Å². The molecule has 1 nitrogen and oxygen atoms in total. The van der Waals surface area contributed by atoms with E-state index in [1.807, 2.05) is 0 Å². The maximum Gasteiger partial charge on any atom is 0.140 e. The number of hydrogen-bond donors (Lipinski definition) is 0. The molecule has 3 aromatic rings. The van der Waals surface area contributed by atoms with E-state index in [1.54, 1.807) is 0 Å². The molecule has 0 bridgehead atoms. The van der Waals surface area contributed by atoms with Gasteiger partial charge < -0.3 is 0 Å². The molecule has 1 heteroatoms. The molecular weight excluding hydrogens is 326 g/mol. The Morgan fingerprint density at radius 2 is 1.48 bits per heavy atom. The molecule has 3 rings (SSSR count). The van der Waals surface area contributed by atoms with Crippen LogP contribution in [0.3, 0.4) is 0 Å². The van der Waals surface area contributed by atoms with Crippen molar-refractivity contribution >= 4 is 16.5 Å². The molecule has 0 aliphatic carbocycles. The van der Waals surface area contributed by atoms with Gasteiger partial charge in [0.05, 0.1) is 13.6 Å². The minimum absolute atomic E-state index is 0.203. The van der Waals surface area contributed by atoms with E-state index in [0.29, 0.717) is 0 Å². The summed E-state index contributed by atoms with van der Waals surface area (Å²) in [5.41, 5.74) is 4.45. The molecule has 0 aliphatic rings. The van der Waals surface area contributed by atoms with E-state index < -0.39 is 0 Å². The van der Waals surface area contributed by atoms with Crippen LogP contribution in [0.4, 0.5) is 5.69 Å². The molecule has 0 N–H and O–H groups in total. The van der Waals surface area contributed by atoms with Crippen LogP contribution in [0, 0.1) is 0 Å². The first-order valence-electron chi connectivity index (χ1n) is 10.3. The van der Waals surface area contributed by atoms with Gasteiger partial charge in [0.15, 0.2) is 0 Å². The third-order valence-electron chi connectivity index (χ3n) is 5.70. The van der Waals surface area contributed by atoms with Gasteiger partial charge in [-0.1, -0.05) is 88.7 Å². The maximum absolute atomic E-state index is 2.40. The summed E-state index contributed by atoms with van der Waals surface area (Å²) < 4.78 is 0.948. The van der Waals surface area contributed by atoms with Crippen molar-refractivity contribution in [3.8, 4) is 0 Å². The summed E-state index contributed by atoms with van der Waals surface area (Å²) >= 11 is 0. The number of benzene rings is 3. The van der Waals surface area contributed by atoms with Crippen LogP contribution >= 0.6 is 0 Å². The van der Waals surface area contributed by atoms with E-state index in [-0.39, 0.29) is 5.41 Å². The molecule has 0 aromatic heterocycles. The van der Waals surface area contributed by atoms with Crippen LogP contribution in [0.5, 0.6) is 0 Å². The predicted octanol–water partition coefficient (Wildman–Crippen LogP) is 7.07. The van der Waals surface area contributed by atoms with Crippen molar-refractivity contribution in [3.63, 3.8) is 0 Å². The highest BCUT2D eigenvalue weighted by Crippen LogP contribution is 2.33. The van der Waals surface area contributed by atoms with E-state index in [9.17, 15) is 0 Å². The van der Waals surface area contributed by atoms with E-state index in [4.69, 9.17) is 0 Å². The van der Waals surface area contributed by atoms with Gasteiger partial charge in [0.25, 0.3) is 0 Å². The fourth-order valence-electron chi connectivity index (χ4n) is 3.98. The van der Waals surface area contributed by atoms with E-state index in [1.165, 1.54) is 40.4 Å². The Balaban J connectivity index is 1.99. The SMILES string of the molecule is CCCC[N+](C)(Cc1ccc(C(C)(C)C)cc1)c1cccc2ccccc12. The minimum Gasteiger partial charge on any atom is -0.289 e. The summed E-state index contributed by atoms with van der Waals surface area (Å²) in [7, 11) is 2.40. The second-order valence-corrected chi connectivity index (χ2v) is 9.08. The zero-order valence-electron chi connectivity index (χ0n) is 17.6. The fourth-order valence-corrected chi connectivity index (χ4v) is 3.98. The van der Waals surface area contributed by atoms with Gasteiger partial charge in [0.2, 0.25) is 0 Å². The molecular formula is C26H34N+. The Bertz CT molecular complexity index is 881. The van der Waals surface area contributed by atoms with Crippen LogP contribution in [0.2, 0.25) is 0 Å². The first kappa shape index (κ1) is 19.6. The summed E-state index contributed by atoms with van der Waals surface area (Å²) in [6, 6.07) is 24.8. The second-order valence-electron chi connectivity index (χ2n) is 9.08. The number of fused-ring (bicyclic) bond motifs is 1. The van der Waals surface area contributed by atoms with Crippen molar-refractivity contribution < 1.29 is 0 Å². The molecule has 0 heterocycles. The molecule has 0 saturated carbocycles. The van der Waals surface area contributed by atoms with Crippen LogP contribution in [-0.4, -0.2) is 13.6 Å². The Labute approximate surface area is 165 Å². The highest BCUT2D eigenvalue weighted by atomic mass is 15.3. The summed E-state index contributed by atoms with van der Waals surface area (Å²) in [6.45, 7) is 11.3. The van der Waals surface area contributed by atoms with E-state index >= 15 is 0 Å². The largest absolute Gasteiger partial charge is 0.289 e. The zero-order chi connectivity index (χ0) is 19.5. The van der Waals surface area contributed by atoms with Gasteiger partial charge >= 0.3 is 0 Å². The fraction of sp³-hybridized carbons (Fsp3) is 0.385. The summed E-state index contributed by atoms with van der Waals surface area (Å²) in [6.07, 6.45) is 2.46. The Morgan fingerprint density at radius 3 is 2.15 bits per heavy atom. The lowest BCUT2D eigenvalue weighted by atomic mass is 9.86. The van der Waals surface area contributed by atoms with Crippen LogP contribution < -0.4 is 4.48 Å². The summed E-state index contributed by atoms with van der Waals surface area (Å²) in [5.74, 6) is 0. The molecule has 0 aliphatic heterocycles. The van der Waals surface area contributed by atoms with Crippen LogP contribution in [0.15, 0.2) is 66.7 Å². The Hall–Kier alpha value is -2.12. The van der Waals surface area contributed by atoms with Gasteiger partial charge in [-0.05, 0) is 34.9 Å². The van der Waals surface area contributed by atoms with Gasteiger partial charge in [-0.3, -0.25) is 4.48 Å². The summed E-state index contributed by atoms with van der Waals surface area (Å²) in [5, 5.41) is 2.71. The highest BCUT2D eigenvalue weighted by Gasteiger charge is 2.27. The lowest BCUT2D eigenvalue weighted by molar-refractivity contribution is 0.318. The summed E-state index contributed by atoms with van der Waals surface area (Å²) in [4.78, 5) is 0. The Morgan fingerprint density at radius 1 is 0.815 bits per heavy atom. The number of nitrogens with zero attached hydrogens (tertiary/aromatic N) is 1. The van der Waals surface area contributed by atoms with Crippen molar-refractivity contribution in [2.24, 2.45) is 0 Å². The average molecular weight is 361 g/mol. The second kappa shape index (κ2) is 7.86. The maximum atomic E-state index is 2.40. The van der Waals surface area contributed by atoms with Crippen molar-refractivity contribution in [2.45, 2.75) is 52.5 Å². The molecule has 0 saturated heterocycles. The molecule has 0 amide bonds. The van der Waals surface area contributed by atoms with Gasteiger partial charge in [-0.15, -0.1) is 0 Å². The third kappa shape index (κ3) is 4.42. The first-order chi connectivity index (χ1) is 12.8. The van der Waals surface area contributed by atoms with Crippen LogP contribution in [0.25, 0.3) is 10.8 Å². The highest BCUT2D eigenvalue weighted by molar-refractivity contribution is 5.93. The van der Waals surface area contributed by atoms with Crippen molar-refractivity contribution in [3.05, 3.63) is 77.9 Å². The van der Waals surface area contributed by atoms with Gasteiger partial charge in [0.1, 0.15) is 12.2 Å². The normalized spacial score (nSPS) is 14.3. The molecule has 1 atom stereocenters. The molecule has 0 radical (unpaired) electrons. The lowest BCUT2D eigenvalue weighted by Gasteiger charge is -2.35.